The Morgan fingerprint density at radius 2 is 1.97 bits per heavy atom. The van der Waals surface area contributed by atoms with Gasteiger partial charge < -0.3 is 9.64 Å². The number of nitrogens with zero attached hydrogens (tertiary/aromatic N) is 7. The summed E-state index contributed by atoms with van der Waals surface area (Å²) in [6.45, 7) is 8.61. The normalized spacial score (nSPS) is 16.6. The highest BCUT2D eigenvalue weighted by Crippen LogP contribution is 2.30. The maximum absolute atomic E-state index is 5.24. The molecule has 3 heterocycles. The number of tetrazole rings is 1. The second-order valence-electron chi connectivity index (χ2n) is 7.08. The first-order valence-corrected chi connectivity index (χ1v) is 9.86. The topological polar surface area (TPSA) is 72.2 Å². The minimum atomic E-state index is 0. The van der Waals surface area contributed by atoms with Gasteiger partial charge in [-0.25, -0.2) is 4.68 Å². The third-order valence-electron chi connectivity index (χ3n) is 5.47. The third-order valence-corrected chi connectivity index (χ3v) is 5.47. The van der Waals surface area contributed by atoms with Gasteiger partial charge in [0.25, 0.3) is 0 Å². The van der Waals surface area contributed by atoms with E-state index in [0.717, 1.165) is 49.5 Å². The number of benzene rings is 1. The van der Waals surface area contributed by atoms with Crippen molar-refractivity contribution in [2.24, 2.45) is 0 Å². The van der Waals surface area contributed by atoms with E-state index in [1.807, 2.05) is 16.9 Å². The molecule has 2 aromatic heterocycles. The van der Waals surface area contributed by atoms with E-state index < -0.39 is 0 Å². The van der Waals surface area contributed by atoms with Crippen molar-refractivity contribution in [2.45, 2.75) is 19.5 Å². The Balaban J connectivity index is 0.00000240. The standard InChI is InChI=1S/C20H27N7O.ClH/c1-3-25-9-11-26(12-10-25)19(20-22-23-24-27(20)13-14-28-2)17-6-7-18-16(15-17)5-4-8-21-18;/h4-8,15,19H,3,9-14H2,1-2H3;1H. The Bertz CT molecular complexity index is 910. The van der Waals surface area contributed by atoms with Crippen LogP contribution in [0.2, 0.25) is 0 Å². The molecule has 1 unspecified atom stereocenters. The monoisotopic (exact) mass is 417 g/mol. The van der Waals surface area contributed by atoms with Crippen LogP contribution < -0.4 is 0 Å². The van der Waals surface area contributed by atoms with Crippen molar-refractivity contribution in [2.75, 3.05) is 46.4 Å². The van der Waals surface area contributed by atoms with Crippen molar-refractivity contribution < 1.29 is 4.74 Å². The van der Waals surface area contributed by atoms with Gasteiger partial charge in [-0.05, 0) is 40.7 Å². The van der Waals surface area contributed by atoms with Crippen LogP contribution in [-0.4, -0.2) is 81.4 Å². The van der Waals surface area contributed by atoms with Crippen molar-refractivity contribution in [3.05, 3.63) is 47.9 Å². The van der Waals surface area contributed by atoms with Crippen LogP contribution in [-0.2, 0) is 11.3 Å². The van der Waals surface area contributed by atoms with Crippen molar-refractivity contribution in [3.63, 3.8) is 0 Å². The molecular formula is C20H28ClN7O. The second kappa shape index (κ2) is 10.1. The number of piperazine rings is 1. The van der Waals surface area contributed by atoms with Crippen LogP contribution in [0.5, 0.6) is 0 Å². The highest BCUT2D eigenvalue weighted by atomic mass is 35.5. The molecule has 8 nitrogen and oxygen atoms in total. The summed E-state index contributed by atoms with van der Waals surface area (Å²) in [5, 5.41) is 13.7. The van der Waals surface area contributed by atoms with E-state index in [1.54, 1.807) is 7.11 Å². The summed E-state index contributed by atoms with van der Waals surface area (Å²) in [6, 6.07) is 10.5. The maximum Gasteiger partial charge on any atom is 0.173 e. The van der Waals surface area contributed by atoms with Gasteiger partial charge >= 0.3 is 0 Å². The molecule has 9 heteroatoms. The summed E-state index contributed by atoms with van der Waals surface area (Å²) in [5.41, 5.74) is 2.19. The lowest BCUT2D eigenvalue weighted by atomic mass is 10.0. The van der Waals surface area contributed by atoms with E-state index in [9.17, 15) is 0 Å². The van der Waals surface area contributed by atoms with Gasteiger partial charge in [-0.15, -0.1) is 17.5 Å². The fraction of sp³-hybridized carbons (Fsp3) is 0.500. The molecule has 1 aliphatic heterocycles. The Morgan fingerprint density at radius 3 is 2.72 bits per heavy atom. The number of methoxy groups -OCH3 is 1. The summed E-state index contributed by atoms with van der Waals surface area (Å²) < 4.78 is 7.11. The molecule has 1 aliphatic rings. The summed E-state index contributed by atoms with van der Waals surface area (Å²) in [7, 11) is 1.70. The number of halogens is 1. The largest absolute Gasteiger partial charge is 0.383 e. The fourth-order valence-electron chi connectivity index (χ4n) is 3.87. The molecule has 0 N–H and O–H groups in total. The van der Waals surface area contributed by atoms with Crippen LogP contribution >= 0.6 is 12.4 Å². The minimum Gasteiger partial charge on any atom is -0.383 e. The van der Waals surface area contributed by atoms with Crippen LogP contribution in [0.4, 0.5) is 0 Å². The van der Waals surface area contributed by atoms with Crippen LogP contribution in [0.15, 0.2) is 36.5 Å². The molecule has 29 heavy (non-hydrogen) atoms. The van der Waals surface area contributed by atoms with Crippen molar-refractivity contribution in [1.29, 1.82) is 0 Å². The first-order chi connectivity index (χ1) is 13.8. The average Bonchev–Trinajstić information content (AvgIpc) is 3.21. The minimum absolute atomic E-state index is 0. The first kappa shape index (κ1) is 21.6. The van der Waals surface area contributed by atoms with Crippen molar-refractivity contribution in [1.82, 2.24) is 35.0 Å². The van der Waals surface area contributed by atoms with E-state index in [-0.39, 0.29) is 18.4 Å². The molecular weight excluding hydrogens is 390 g/mol. The lowest BCUT2D eigenvalue weighted by Gasteiger charge is -2.38. The Labute approximate surface area is 177 Å². The number of hydrogen-bond acceptors (Lipinski definition) is 7. The van der Waals surface area contributed by atoms with Crippen LogP contribution in [0, 0.1) is 0 Å². The molecule has 0 amide bonds. The summed E-state index contributed by atoms with van der Waals surface area (Å²) >= 11 is 0. The zero-order valence-corrected chi connectivity index (χ0v) is 17.8. The predicted octanol–water partition coefficient (Wildman–Crippen LogP) is 2.02. The molecule has 1 fully saturated rings. The molecule has 156 valence electrons. The van der Waals surface area contributed by atoms with E-state index in [0.29, 0.717) is 13.2 Å². The SMILES string of the molecule is CCN1CCN(C(c2ccc3ncccc3c2)c2nnnn2CCOC)CC1.Cl. The molecule has 3 aromatic rings. The van der Waals surface area contributed by atoms with Gasteiger partial charge in [0.15, 0.2) is 5.82 Å². The second-order valence-corrected chi connectivity index (χ2v) is 7.08. The number of aromatic nitrogens is 5. The van der Waals surface area contributed by atoms with Crippen molar-refractivity contribution >= 4 is 23.3 Å². The van der Waals surface area contributed by atoms with Gasteiger partial charge in [-0.1, -0.05) is 19.1 Å². The van der Waals surface area contributed by atoms with Gasteiger partial charge in [0, 0.05) is 44.9 Å². The Kier molecular flexibility index (Phi) is 7.49. The molecule has 1 atom stereocenters. The molecule has 0 saturated carbocycles. The Hall–Kier alpha value is -2.13. The lowest BCUT2D eigenvalue weighted by Crippen LogP contribution is -2.48. The number of ether oxygens (including phenoxy) is 1. The van der Waals surface area contributed by atoms with Crippen LogP contribution in [0.3, 0.4) is 0 Å². The van der Waals surface area contributed by atoms with Gasteiger partial charge in [0.05, 0.1) is 24.7 Å². The summed E-state index contributed by atoms with van der Waals surface area (Å²) in [6.07, 6.45) is 1.83. The molecule has 1 saturated heterocycles. The van der Waals surface area contributed by atoms with E-state index in [4.69, 9.17) is 4.74 Å². The number of rotatable bonds is 7. The third kappa shape index (κ3) is 4.72. The highest BCUT2D eigenvalue weighted by Gasteiger charge is 2.30. The predicted molar refractivity (Wildman–Crippen MR) is 114 cm³/mol. The lowest BCUT2D eigenvalue weighted by molar-refractivity contribution is 0.107. The fourth-order valence-corrected chi connectivity index (χ4v) is 3.87. The van der Waals surface area contributed by atoms with E-state index >= 15 is 0 Å². The molecule has 0 spiro atoms. The highest BCUT2D eigenvalue weighted by molar-refractivity contribution is 5.85. The van der Waals surface area contributed by atoms with Gasteiger partial charge in [0.2, 0.25) is 0 Å². The van der Waals surface area contributed by atoms with Gasteiger partial charge in [-0.3, -0.25) is 9.88 Å². The first-order valence-electron chi connectivity index (χ1n) is 9.86. The van der Waals surface area contributed by atoms with Crippen LogP contribution in [0.1, 0.15) is 24.4 Å². The maximum atomic E-state index is 5.24. The van der Waals surface area contributed by atoms with E-state index in [1.165, 1.54) is 5.56 Å². The summed E-state index contributed by atoms with van der Waals surface area (Å²) in [5.74, 6) is 0.866. The number of hydrogen-bond donors (Lipinski definition) is 0. The van der Waals surface area contributed by atoms with Gasteiger partial charge in [0.1, 0.15) is 0 Å². The van der Waals surface area contributed by atoms with E-state index in [2.05, 4.69) is 61.5 Å². The zero-order chi connectivity index (χ0) is 19.3. The van der Waals surface area contributed by atoms with Gasteiger partial charge in [-0.2, -0.15) is 0 Å². The smallest absolute Gasteiger partial charge is 0.173 e. The van der Waals surface area contributed by atoms with Crippen LogP contribution in [0.25, 0.3) is 10.9 Å². The quantitative estimate of drug-likeness (QED) is 0.582. The zero-order valence-electron chi connectivity index (χ0n) is 16.9. The number of fused-ring (bicyclic) bond motifs is 1. The number of likely N-dealkylation sites (N-methyl/N-ethyl adjacent to an activating group) is 1. The Morgan fingerprint density at radius 1 is 1.14 bits per heavy atom. The molecule has 0 aliphatic carbocycles. The summed E-state index contributed by atoms with van der Waals surface area (Å²) in [4.78, 5) is 9.42. The molecule has 0 radical (unpaired) electrons. The van der Waals surface area contributed by atoms with Crippen molar-refractivity contribution in [3.8, 4) is 0 Å². The molecule has 4 rings (SSSR count). The average molecular weight is 418 g/mol. The molecule has 0 bridgehead atoms. The molecule has 1 aromatic carbocycles. The number of pyridine rings is 1.